The highest BCUT2D eigenvalue weighted by molar-refractivity contribution is 5.85. The van der Waals surface area contributed by atoms with Crippen LogP contribution in [-0.4, -0.2) is 41.8 Å². The quantitative estimate of drug-likeness (QED) is 0.700. The number of aromatic nitrogens is 1. The summed E-state index contributed by atoms with van der Waals surface area (Å²) in [6.45, 7) is 0.0677. The SMILES string of the molecule is CN(C)C1(c2ccccc2)CCC2(CC1)OC(CO)Cc1c2[nH]c2ccccc12. The minimum Gasteiger partial charge on any atom is -0.394 e. The molecule has 1 fully saturated rings. The third-order valence-corrected chi connectivity index (χ3v) is 7.35. The molecule has 0 amide bonds. The van der Waals surface area contributed by atoms with E-state index in [1.165, 1.54) is 27.7 Å². The van der Waals surface area contributed by atoms with Gasteiger partial charge in [0.05, 0.1) is 18.4 Å². The number of hydrogen-bond donors (Lipinski definition) is 2. The van der Waals surface area contributed by atoms with E-state index in [1.807, 2.05) is 0 Å². The molecule has 5 rings (SSSR count). The summed E-state index contributed by atoms with van der Waals surface area (Å²) in [7, 11) is 4.38. The second kappa shape index (κ2) is 6.98. The maximum absolute atomic E-state index is 9.97. The monoisotopic (exact) mass is 390 g/mol. The Kier molecular flexibility index (Phi) is 4.54. The number of aliphatic hydroxyl groups is 1. The fourth-order valence-electron chi connectivity index (χ4n) is 5.73. The van der Waals surface area contributed by atoms with Crippen molar-refractivity contribution in [2.75, 3.05) is 20.7 Å². The van der Waals surface area contributed by atoms with E-state index in [0.29, 0.717) is 0 Å². The molecule has 1 atom stereocenters. The Bertz CT molecular complexity index is 1000. The van der Waals surface area contributed by atoms with Gasteiger partial charge in [-0.15, -0.1) is 0 Å². The first kappa shape index (κ1) is 18.9. The van der Waals surface area contributed by atoms with Gasteiger partial charge in [-0.3, -0.25) is 4.90 Å². The zero-order valence-corrected chi connectivity index (χ0v) is 17.3. The first-order chi connectivity index (χ1) is 14.1. The van der Waals surface area contributed by atoms with Crippen LogP contribution in [0.4, 0.5) is 0 Å². The van der Waals surface area contributed by atoms with Gasteiger partial charge in [-0.05, 0) is 57.0 Å². The Labute approximate surface area is 172 Å². The molecule has 2 aromatic carbocycles. The minimum absolute atomic E-state index is 0.0220. The van der Waals surface area contributed by atoms with E-state index in [1.54, 1.807) is 0 Å². The highest BCUT2D eigenvalue weighted by atomic mass is 16.5. The molecule has 29 heavy (non-hydrogen) atoms. The van der Waals surface area contributed by atoms with E-state index in [4.69, 9.17) is 4.74 Å². The minimum atomic E-state index is -0.339. The van der Waals surface area contributed by atoms with Crippen molar-refractivity contribution in [2.24, 2.45) is 0 Å². The lowest BCUT2D eigenvalue weighted by molar-refractivity contribution is -0.160. The maximum atomic E-state index is 9.97. The molecule has 0 radical (unpaired) electrons. The Balaban J connectivity index is 1.56. The predicted octanol–water partition coefficient (Wildman–Crippen LogP) is 4.33. The number of fused-ring (bicyclic) bond motifs is 4. The molecule has 152 valence electrons. The van der Waals surface area contributed by atoms with Crippen LogP contribution < -0.4 is 0 Å². The predicted molar refractivity (Wildman–Crippen MR) is 116 cm³/mol. The van der Waals surface area contributed by atoms with Crippen molar-refractivity contribution in [3.63, 3.8) is 0 Å². The van der Waals surface area contributed by atoms with Crippen molar-refractivity contribution in [3.8, 4) is 0 Å². The lowest BCUT2D eigenvalue weighted by Gasteiger charge is -2.51. The molecule has 2 N–H and O–H groups in total. The van der Waals surface area contributed by atoms with Crippen LogP contribution in [0.2, 0.25) is 0 Å². The van der Waals surface area contributed by atoms with Crippen LogP contribution in [0.25, 0.3) is 10.9 Å². The zero-order chi connectivity index (χ0) is 20.1. The molecule has 1 unspecified atom stereocenters. The number of rotatable bonds is 3. The third kappa shape index (κ3) is 2.85. The third-order valence-electron chi connectivity index (χ3n) is 7.35. The van der Waals surface area contributed by atoms with Crippen LogP contribution in [0.15, 0.2) is 54.6 Å². The van der Waals surface area contributed by atoms with Gasteiger partial charge in [-0.25, -0.2) is 0 Å². The van der Waals surface area contributed by atoms with Gasteiger partial charge in [0, 0.05) is 22.9 Å². The summed E-state index contributed by atoms with van der Waals surface area (Å²) in [6.07, 6.45) is 4.57. The average molecular weight is 391 g/mol. The van der Waals surface area contributed by atoms with Crippen LogP contribution in [0.3, 0.4) is 0 Å². The number of H-pyrrole nitrogens is 1. The van der Waals surface area contributed by atoms with E-state index in [-0.39, 0.29) is 23.9 Å². The van der Waals surface area contributed by atoms with Crippen LogP contribution in [0.5, 0.6) is 0 Å². The molecule has 1 spiro atoms. The van der Waals surface area contributed by atoms with Crippen molar-refractivity contribution >= 4 is 10.9 Å². The van der Waals surface area contributed by atoms with Crippen LogP contribution in [-0.2, 0) is 22.3 Å². The van der Waals surface area contributed by atoms with Gasteiger partial charge in [0.25, 0.3) is 0 Å². The number of ether oxygens (including phenoxy) is 1. The van der Waals surface area contributed by atoms with E-state index in [9.17, 15) is 5.11 Å². The van der Waals surface area contributed by atoms with Crippen LogP contribution in [0.1, 0.15) is 42.5 Å². The van der Waals surface area contributed by atoms with Crippen molar-refractivity contribution < 1.29 is 9.84 Å². The molecule has 0 saturated heterocycles. The van der Waals surface area contributed by atoms with Gasteiger partial charge < -0.3 is 14.8 Å². The Morgan fingerprint density at radius 2 is 1.69 bits per heavy atom. The molecular weight excluding hydrogens is 360 g/mol. The molecule has 2 heterocycles. The second-order valence-electron chi connectivity index (χ2n) is 8.94. The first-order valence-electron chi connectivity index (χ1n) is 10.7. The fourth-order valence-corrected chi connectivity index (χ4v) is 5.73. The summed E-state index contributed by atoms with van der Waals surface area (Å²) in [5.74, 6) is 0. The smallest absolute Gasteiger partial charge is 0.109 e. The van der Waals surface area contributed by atoms with Crippen molar-refractivity contribution in [2.45, 2.75) is 49.3 Å². The van der Waals surface area contributed by atoms with Gasteiger partial charge in [0.1, 0.15) is 5.60 Å². The van der Waals surface area contributed by atoms with Crippen molar-refractivity contribution in [1.29, 1.82) is 0 Å². The van der Waals surface area contributed by atoms with Gasteiger partial charge in [-0.2, -0.15) is 0 Å². The summed E-state index contributed by atoms with van der Waals surface area (Å²) in [4.78, 5) is 6.08. The van der Waals surface area contributed by atoms with Crippen molar-refractivity contribution in [1.82, 2.24) is 9.88 Å². The Morgan fingerprint density at radius 1 is 1.00 bits per heavy atom. The van der Waals surface area contributed by atoms with E-state index < -0.39 is 0 Å². The summed E-state index contributed by atoms with van der Waals surface area (Å²) >= 11 is 0. The summed E-state index contributed by atoms with van der Waals surface area (Å²) in [5, 5.41) is 11.2. The number of nitrogens with zero attached hydrogens (tertiary/aromatic N) is 1. The molecule has 1 saturated carbocycles. The molecule has 1 aliphatic carbocycles. The molecule has 4 heteroatoms. The summed E-state index contributed by atoms with van der Waals surface area (Å²) < 4.78 is 6.63. The standard InChI is InChI=1S/C25H30N2O2/c1-27(2)24(18-8-4-3-5-9-18)12-14-25(15-13-24)23-21(16-19(17-28)29-25)20-10-6-7-11-22(20)26-23/h3-11,19,26,28H,12-17H2,1-2H3. The number of aromatic amines is 1. The highest BCUT2D eigenvalue weighted by Gasteiger charge is 2.50. The molecule has 1 aliphatic heterocycles. The zero-order valence-electron chi connectivity index (χ0n) is 17.3. The molecule has 4 nitrogen and oxygen atoms in total. The first-order valence-corrected chi connectivity index (χ1v) is 10.7. The van der Waals surface area contributed by atoms with E-state index in [2.05, 4.69) is 78.6 Å². The molecule has 3 aromatic rings. The second-order valence-corrected chi connectivity index (χ2v) is 8.94. The molecule has 2 aliphatic rings. The number of aliphatic hydroxyl groups excluding tert-OH is 1. The number of benzene rings is 2. The Hall–Kier alpha value is -2.14. The van der Waals surface area contributed by atoms with Gasteiger partial charge in [0.15, 0.2) is 0 Å². The van der Waals surface area contributed by atoms with Crippen LogP contribution in [0, 0.1) is 0 Å². The fraction of sp³-hybridized carbons (Fsp3) is 0.440. The van der Waals surface area contributed by atoms with E-state index in [0.717, 1.165) is 32.1 Å². The summed E-state index contributed by atoms with van der Waals surface area (Å²) in [5.41, 5.74) is 4.81. The van der Waals surface area contributed by atoms with Gasteiger partial charge >= 0.3 is 0 Å². The number of para-hydroxylation sites is 1. The van der Waals surface area contributed by atoms with E-state index >= 15 is 0 Å². The average Bonchev–Trinajstić information content (AvgIpc) is 3.14. The Morgan fingerprint density at radius 3 is 2.38 bits per heavy atom. The van der Waals surface area contributed by atoms with Crippen molar-refractivity contribution in [3.05, 3.63) is 71.4 Å². The number of nitrogens with one attached hydrogen (secondary N) is 1. The van der Waals surface area contributed by atoms with Gasteiger partial charge in [-0.1, -0.05) is 48.5 Å². The lowest BCUT2D eigenvalue weighted by Crippen LogP contribution is -2.51. The molecule has 1 aromatic heterocycles. The largest absolute Gasteiger partial charge is 0.394 e. The maximum Gasteiger partial charge on any atom is 0.109 e. The van der Waals surface area contributed by atoms with Crippen LogP contribution >= 0.6 is 0 Å². The lowest BCUT2D eigenvalue weighted by atomic mass is 9.67. The molecular formula is C25H30N2O2. The normalized spacial score (nSPS) is 29.4. The topological polar surface area (TPSA) is 48.5 Å². The molecule has 0 bridgehead atoms. The van der Waals surface area contributed by atoms with Gasteiger partial charge in [0.2, 0.25) is 0 Å². The number of hydrogen-bond acceptors (Lipinski definition) is 3. The summed E-state index contributed by atoms with van der Waals surface area (Å²) in [6, 6.07) is 19.4. The highest BCUT2D eigenvalue weighted by Crippen LogP contribution is 2.53.